The molecule has 1 aromatic carbocycles. The van der Waals surface area contributed by atoms with E-state index in [1.54, 1.807) is 0 Å². The van der Waals surface area contributed by atoms with Crippen molar-refractivity contribution in [3.05, 3.63) is 24.3 Å². The number of hydrogen-bond donors (Lipinski definition) is 0. The molecule has 5 heteroatoms. The van der Waals surface area contributed by atoms with Gasteiger partial charge in [0.25, 0.3) is 0 Å². The number of ether oxygens (including phenoxy) is 2. The van der Waals surface area contributed by atoms with Crippen LogP contribution in [-0.2, 0) is 0 Å². The van der Waals surface area contributed by atoms with Crippen molar-refractivity contribution in [2.24, 2.45) is 0 Å². The molecule has 83 valence electrons. The predicted molar refractivity (Wildman–Crippen MR) is 47.7 cm³/mol. The second-order valence-electron chi connectivity index (χ2n) is 2.76. The minimum atomic E-state index is -4.72. The molecule has 0 unspecified atom stereocenters. The predicted octanol–water partition coefficient (Wildman–Crippen LogP) is 3.17. The minimum absolute atomic E-state index is 0.0525. The monoisotopic (exact) mass is 219 g/mol. The highest BCUT2D eigenvalue weighted by atomic mass is 19.4. The quantitative estimate of drug-likeness (QED) is 0.774. The lowest BCUT2D eigenvalue weighted by molar-refractivity contribution is -0.275. The molecule has 2 nitrogen and oxygen atoms in total. The minimum Gasteiger partial charge on any atom is -0.490 e. The molecule has 0 heterocycles. The molecule has 0 N–H and O–H groups in total. The summed E-state index contributed by atoms with van der Waals surface area (Å²) in [6, 6.07) is 6.61. The van der Waals surface area contributed by atoms with Crippen LogP contribution in [0.5, 0.6) is 11.5 Å². The van der Waals surface area contributed by atoms with Crippen LogP contribution in [0.3, 0.4) is 0 Å². The molecule has 0 aliphatic carbocycles. The maximum Gasteiger partial charge on any atom is 0.573 e. The van der Waals surface area contributed by atoms with Gasteiger partial charge in [-0.1, -0.05) is 19.1 Å². The summed E-state index contributed by atoms with van der Waals surface area (Å²) in [5.41, 5.74) is 0. The first-order valence-electron chi connectivity index (χ1n) is 4.42. The first-order chi connectivity index (χ1) is 7.03. The normalized spacial score (nSPS) is 11.2. The molecule has 1 radical (unpaired) electrons. The van der Waals surface area contributed by atoms with Crippen molar-refractivity contribution in [3.8, 4) is 11.5 Å². The van der Waals surface area contributed by atoms with Crippen LogP contribution >= 0.6 is 0 Å². The van der Waals surface area contributed by atoms with Gasteiger partial charge in [0.1, 0.15) is 0 Å². The van der Waals surface area contributed by atoms with E-state index in [9.17, 15) is 13.2 Å². The van der Waals surface area contributed by atoms with Crippen LogP contribution in [0, 0.1) is 6.07 Å². The molecule has 0 fully saturated rings. The first kappa shape index (κ1) is 11.7. The molecule has 0 aromatic heterocycles. The standard InChI is InChI=1S/C10H10F3O2/c1-2-7-14-8-5-3-4-6-9(8)15-10(11,12)13/h3-5H,2,7H2,1H3. The molecule has 0 atom stereocenters. The van der Waals surface area contributed by atoms with E-state index in [-0.39, 0.29) is 5.75 Å². The zero-order valence-electron chi connectivity index (χ0n) is 8.10. The molecule has 0 spiro atoms. The van der Waals surface area contributed by atoms with Crippen molar-refractivity contribution >= 4 is 0 Å². The molecular formula is C10H10F3O2. The van der Waals surface area contributed by atoms with Crippen LogP contribution in [-0.4, -0.2) is 13.0 Å². The lowest BCUT2D eigenvalue weighted by atomic mass is 10.3. The van der Waals surface area contributed by atoms with Gasteiger partial charge in [-0.25, -0.2) is 0 Å². The summed E-state index contributed by atoms with van der Waals surface area (Å²) in [5.74, 6) is -0.380. The third-order valence-corrected chi connectivity index (χ3v) is 1.46. The summed E-state index contributed by atoms with van der Waals surface area (Å²) in [7, 11) is 0. The fourth-order valence-electron chi connectivity index (χ4n) is 0.927. The van der Waals surface area contributed by atoms with Gasteiger partial charge < -0.3 is 9.47 Å². The molecule has 0 saturated heterocycles. The Hall–Kier alpha value is -1.39. The molecule has 1 aromatic rings. The fourth-order valence-corrected chi connectivity index (χ4v) is 0.927. The van der Waals surface area contributed by atoms with E-state index in [0.29, 0.717) is 13.0 Å². The van der Waals surface area contributed by atoms with Crippen LogP contribution in [0.15, 0.2) is 18.2 Å². The van der Waals surface area contributed by atoms with Gasteiger partial charge in [0.05, 0.1) is 6.61 Å². The Morgan fingerprint density at radius 1 is 1.40 bits per heavy atom. The van der Waals surface area contributed by atoms with Gasteiger partial charge >= 0.3 is 6.36 Å². The summed E-state index contributed by atoms with van der Waals surface area (Å²) in [5, 5.41) is 0. The number of rotatable bonds is 4. The maximum absolute atomic E-state index is 11.9. The Bertz CT molecular complexity index is 310. The number of hydrogen-bond acceptors (Lipinski definition) is 2. The Labute approximate surface area is 85.6 Å². The van der Waals surface area contributed by atoms with E-state index in [4.69, 9.17) is 4.74 Å². The number of alkyl halides is 3. The van der Waals surface area contributed by atoms with Crippen molar-refractivity contribution in [3.63, 3.8) is 0 Å². The van der Waals surface area contributed by atoms with Crippen LogP contribution in [0.4, 0.5) is 13.2 Å². The van der Waals surface area contributed by atoms with Crippen molar-refractivity contribution in [1.82, 2.24) is 0 Å². The third-order valence-electron chi connectivity index (χ3n) is 1.46. The third kappa shape index (κ3) is 4.10. The van der Waals surface area contributed by atoms with E-state index in [1.165, 1.54) is 18.2 Å². The van der Waals surface area contributed by atoms with Crippen molar-refractivity contribution < 1.29 is 22.6 Å². The highest BCUT2D eigenvalue weighted by Gasteiger charge is 2.32. The van der Waals surface area contributed by atoms with Crippen LogP contribution in [0.1, 0.15) is 13.3 Å². The summed E-state index contributed by atoms with van der Waals surface area (Å²) in [6.45, 7) is 2.20. The van der Waals surface area contributed by atoms with E-state index < -0.39 is 12.1 Å². The molecular weight excluding hydrogens is 209 g/mol. The zero-order chi connectivity index (χ0) is 11.3. The summed E-state index contributed by atoms with van der Waals surface area (Å²) >= 11 is 0. The number of para-hydroxylation sites is 1. The van der Waals surface area contributed by atoms with Crippen LogP contribution in [0.2, 0.25) is 0 Å². The Kier molecular flexibility index (Phi) is 3.82. The van der Waals surface area contributed by atoms with Gasteiger partial charge in [-0.3, -0.25) is 0 Å². The molecule has 0 bridgehead atoms. The summed E-state index contributed by atoms with van der Waals surface area (Å²) < 4.78 is 44.7. The molecule has 0 amide bonds. The van der Waals surface area contributed by atoms with E-state index in [2.05, 4.69) is 10.8 Å². The van der Waals surface area contributed by atoms with Gasteiger partial charge in [0.15, 0.2) is 11.5 Å². The fraction of sp³-hybridized carbons (Fsp3) is 0.400. The van der Waals surface area contributed by atoms with Gasteiger partial charge in [-0.2, -0.15) is 0 Å². The largest absolute Gasteiger partial charge is 0.573 e. The highest BCUT2D eigenvalue weighted by Crippen LogP contribution is 2.31. The lowest BCUT2D eigenvalue weighted by Crippen LogP contribution is -2.17. The van der Waals surface area contributed by atoms with Crippen LogP contribution in [0.25, 0.3) is 0 Å². The molecule has 0 aliphatic rings. The van der Waals surface area contributed by atoms with E-state index >= 15 is 0 Å². The van der Waals surface area contributed by atoms with Crippen molar-refractivity contribution in [2.75, 3.05) is 6.61 Å². The van der Waals surface area contributed by atoms with Gasteiger partial charge in [0, 0.05) is 6.07 Å². The second-order valence-corrected chi connectivity index (χ2v) is 2.76. The Morgan fingerprint density at radius 2 is 2.13 bits per heavy atom. The number of halogens is 3. The molecule has 0 aliphatic heterocycles. The summed E-state index contributed by atoms with van der Waals surface area (Å²) in [6.07, 6.45) is -4.01. The van der Waals surface area contributed by atoms with E-state index in [0.717, 1.165) is 0 Å². The first-order valence-corrected chi connectivity index (χ1v) is 4.42. The van der Waals surface area contributed by atoms with Gasteiger partial charge in [0.2, 0.25) is 0 Å². The topological polar surface area (TPSA) is 18.5 Å². The highest BCUT2D eigenvalue weighted by molar-refractivity contribution is 5.38. The summed E-state index contributed by atoms with van der Waals surface area (Å²) in [4.78, 5) is 0. The molecule has 0 saturated carbocycles. The maximum atomic E-state index is 11.9. The average molecular weight is 219 g/mol. The molecule has 1 rings (SSSR count). The Morgan fingerprint density at radius 3 is 2.73 bits per heavy atom. The SMILES string of the molecule is CCCOc1ccc[c]c1OC(F)(F)F. The second kappa shape index (κ2) is 4.91. The van der Waals surface area contributed by atoms with E-state index in [1.807, 2.05) is 6.92 Å². The van der Waals surface area contributed by atoms with Crippen molar-refractivity contribution in [2.45, 2.75) is 19.7 Å². The Balaban J connectivity index is 2.77. The smallest absolute Gasteiger partial charge is 0.490 e. The lowest BCUT2D eigenvalue weighted by Gasteiger charge is -2.12. The number of benzene rings is 1. The van der Waals surface area contributed by atoms with Crippen molar-refractivity contribution in [1.29, 1.82) is 0 Å². The zero-order valence-corrected chi connectivity index (χ0v) is 8.10. The molecule has 15 heavy (non-hydrogen) atoms. The van der Waals surface area contributed by atoms with Crippen LogP contribution < -0.4 is 9.47 Å². The van der Waals surface area contributed by atoms with Gasteiger partial charge in [-0.15, -0.1) is 13.2 Å². The average Bonchev–Trinajstić information content (AvgIpc) is 2.14. The van der Waals surface area contributed by atoms with Gasteiger partial charge in [-0.05, 0) is 12.5 Å².